The first kappa shape index (κ1) is 10.2. The van der Waals surface area contributed by atoms with Crippen molar-refractivity contribution in [3.8, 4) is 0 Å². The summed E-state index contributed by atoms with van der Waals surface area (Å²) < 4.78 is -1.95. The molecule has 0 aromatic carbocycles. The van der Waals surface area contributed by atoms with Gasteiger partial charge in [-0.15, -0.1) is 0 Å². The predicted molar refractivity (Wildman–Crippen MR) is 40.6 cm³/mol. The van der Waals surface area contributed by atoms with E-state index in [1.165, 1.54) is 6.92 Å². The summed E-state index contributed by atoms with van der Waals surface area (Å²) in [6.07, 6.45) is -0.323. The number of hydrogen-bond acceptors (Lipinski definition) is 2. The van der Waals surface area contributed by atoms with Gasteiger partial charge >= 0.3 is 0 Å². The molecule has 58 valence electrons. The number of carbonyl (C=O) groups is 2. The van der Waals surface area contributed by atoms with E-state index in [-0.39, 0.29) is 12.2 Å². The van der Waals surface area contributed by atoms with Gasteiger partial charge in [0.25, 0.3) is 0 Å². The Morgan fingerprint density at radius 1 is 1.30 bits per heavy atom. The van der Waals surface area contributed by atoms with Crippen molar-refractivity contribution in [3.63, 3.8) is 0 Å². The molecule has 0 saturated carbocycles. The van der Waals surface area contributed by atoms with Gasteiger partial charge < -0.3 is 0 Å². The van der Waals surface area contributed by atoms with Crippen LogP contribution in [-0.4, -0.2) is 15.4 Å². The van der Waals surface area contributed by atoms with Crippen molar-refractivity contribution in [2.75, 3.05) is 0 Å². The average molecular weight is 203 g/mol. The summed E-state index contributed by atoms with van der Waals surface area (Å²) in [5.41, 5.74) is 0. The fourth-order valence-electron chi connectivity index (χ4n) is 0.326. The quantitative estimate of drug-likeness (QED) is 0.507. The zero-order chi connectivity index (χ0) is 8.36. The highest BCUT2D eigenvalue weighted by Gasteiger charge is 2.30. The van der Waals surface area contributed by atoms with Gasteiger partial charge in [0.1, 0.15) is 5.78 Å². The van der Waals surface area contributed by atoms with Crippen molar-refractivity contribution < 1.29 is 9.59 Å². The molecule has 0 heterocycles. The first-order chi connectivity index (χ1) is 4.34. The topological polar surface area (TPSA) is 34.1 Å². The number of Topliss-reactive ketones (excluding diaryl/α,β-unsaturated/α-hetero) is 2. The van der Waals surface area contributed by atoms with Gasteiger partial charge in [-0.05, 0) is 6.92 Å². The second-order valence-corrected chi connectivity index (χ2v) is 4.08. The molecule has 0 aliphatic rings. The lowest BCUT2D eigenvalue weighted by Crippen LogP contribution is -2.20. The highest BCUT2D eigenvalue weighted by molar-refractivity contribution is 6.76. The molecule has 0 amide bonds. The van der Waals surface area contributed by atoms with E-state index in [4.69, 9.17) is 34.8 Å². The Morgan fingerprint density at radius 3 is 1.80 bits per heavy atom. The molecule has 0 aliphatic heterocycles. The van der Waals surface area contributed by atoms with Crippen LogP contribution in [0, 0.1) is 0 Å². The number of hydrogen-bond donors (Lipinski definition) is 0. The normalized spacial score (nSPS) is 11.2. The Hall–Kier alpha value is 0.210. The van der Waals surface area contributed by atoms with E-state index in [0.717, 1.165) is 0 Å². The molecule has 0 spiro atoms. The maximum atomic E-state index is 10.7. The van der Waals surface area contributed by atoms with E-state index < -0.39 is 9.58 Å². The van der Waals surface area contributed by atoms with Crippen LogP contribution >= 0.6 is 34.8 Å². The van der Waals surface area contributed by atoms with E-state index >= 15 is 0 Å². The monoisotopic (exact) mass is 202 g/mol. The van der Waals surface area contributed by atoms with Gasteiger partial charge in [0, 0.05) is 0 Å². The third-order valence-corrected chi connectivity index (χ3v) is 1.36. The molecule has 0 bridgehead atoms. The van der Waals surface area contributed by atoms with Crippen molar-refractivity contribution in [3.05, 3.63) is 0 Å². The van der Waals surface area contributed by atoms with E-state index in [9.17, 15) is 9.59 Å². The van der Waals surface area contributed by atoms with E-state index in [0.29, 0.717) is 0 Å². The number of carbonyl (C=O) groups excluding carboxylic acids is 2. The lowest BCUT2D eigenvalue weighted by Gasteiger charge is -2.06. The highest BCUT2D eigenvalue weighted by atomic mass is 35.6. The summed E-state index contributed by atoms with van der Waals surface area (Å²) in [5, 5.41) is 0. The third kappa shape index (κ3) is 4.09. The van der Waals surface area contributed by atoms with Crippen molar-refractivity contribution in [1.82, 2.24) is 0 Å². The molecule has 0 atom stereocenters. The van der Waals surface area contributed by atoms with E-state index in [1.807, 2.05) is 0 Å². The molecular formula is C5H5Cl3O2. The first-order valence-electron chi connectivity index (χ1n) is 2.43. The van der Waals surface area contributed by atoms with E-state index in [1.54, 1.807) is 0 Å². The molecule has 0 radical (unpaired) electrons. The van der Waals surface area contributed by atoms with Gasteiger partial charge in [-0.1, -0.05) is 34.8 Å². The van der Waals surface area contributed by atoms with Crippen LogP contribution in [0.5, 0.6) is 0 Å². The summed E-state index contributed by atoms with van der Waals surface area (Å²) in [6, 6.07) is 0. The Kier molecular flexibility index (Phi) is 3.63. The number of alkyl halides is 3. The van der Waals surface area contributed by atoms with Crippen molar-refractivity contribution in [2.45, 2.75) is 17.1 Å². The molecule has 0 aromatic heterocycles. The van der Waals surface area contributed by atoms with Gasteiger partial charge in [-0.2, -0.15) is 0 Å². The third-order valence-electron chi connectivity index (χ3n) is 0.726. The predicted octanol–water partition coefficient (Wildman–Crippen LogP) is 1.90. The summed E-state index contributed by atoms with van der Waals surface area (Å²) in [7, 11) is 0. The van der Waals surface area contributed by atoms with Gasteiger partial charge in [0.15, 0.2) is 5.78 Å². The maximum Gasteiger partial charge on any atom is 0.249 e. The van der Waals surface area contributed by atoms with Crippen molar-refractivity contribution in [2.24, 2.45) is 0 Å². The number of rotatable bonds is 2. The zero-order valence-corrected chi connectivity index (χ0v) is 7.43. The first-order valence-corrected chi connectivity index (χ1v) is 3.57. The van der Waals surface area contributed by atoms with Crippen LogP contribution in [0.25, 0.3) is 0 Å². The minimum absolute atomic E-state index is 0.309. The molecule has 0 aliphatic carbocycles. The van der Waals surface area contributed by atoms with Gasteiger partial charge in [0.2, 0.25) is 3.79 Å². The fourth-order valence-corrected chi connectivity index (χ4v) is 0.527. The van der Waals surface area contributed by atoms with Crippen molar-refractivity contribution in [1.29, 1.82) is 0 Å². The smallest absolute Gasteiger partial charge is 0.249 e. The van der Waals surface area contributed by atoms with Crippen LogP contribution in [-0.2, 0) is 9.59 Å². The largest absolute Gasteiger partial charge is 0.300 e. The molecule has 0 N–H and O–H groups in total. The molecule has 0 aromatic rings. The second-order valence-electron chi connectivity index (χ2n) is 1.80. The van der Waals surface area contributed by atoms with Crippen LogP contribution in [0.3, 0.4) is 0 Å². The standard InChI is InChI=1S/C5H5Cl3O2/c1-3(9)2-4(10)5(6,7)8/h2H2,1H3. The van der Waals surface area contributed by atoms with Gasteiger partial charge in [-0.25, -0.2) is 0 Å². The Morgan fingerprint density at radius 2 is 1.70 bits per heavy atom. The number of halogens is 3. The summed E-state index contributed by atoms with van der Waals surface area (Å²) in [4.78, 5) is 21.0. The number of ketones is 2. The Balaban J connectivity index is 3.99. The van der Waals surface area contributed by atoms with Crippen LogP contribution in [0.15, 0.2) is 0 Å². The molecule has 0 unspecified atom stereocenters. The van der Waals surface area contributed by atoms with Crippen LogP contribution in [0.4, 0.5) is 0 Å². The molecule has 0 saturated heterocycles. The summed E-state index contributed by atoms with van der Waals surface area (Å²) in [5.74, 6) is -0.999. The highest BCUT2D eigenvalue weighted by Crippen LogP contribution is 2.28. The fraction of sp³-hybridized carbons (Fsp3) is 0.600. The maximum absolute atomic E-state index is 10.7. The second kappa shape index (κ2) is 3.56. The Bertz CT molecular complexity index is 159. The molecular weight excluding hydrogens is 198 g/mol. The van der Waals surface area contributed by atoms with Crippen LogP contribution in [0.2, 0.25) is 0 Å². The lowest BCUT2D eigenvalue weighted by atomic mass is 10.2. The molecule has 2 nitrogen and oxygen atoms in total. The molecule has 0 fully saturated rings. The van der Waals surface area contributed by atoms with Crippen LogP contribution in [0.1, 0.15) is 13.3 Å². The zero-order valence-electron chi connectivity index (χ0n) is 5.16. The summed E-state index contributed by atoms with van der Waals surface area (Å²) >= 11 is 15.5. The minimum atomic E-state index is -1.95. The Labute approximate surface area is 73.4 Å². The average Bonchev–Trinajstić information content (AvgIpc) is 1.60. The van der Waals surface area contributed by atoms with Gasteiger partial charge in [0.05, 0.1) is 6.42 Å². The lowest BCUT2D eigenvalue weighted by molar-refractivity contribution is -0.125. The van der Waals surface area contributed by atoms with E-state index in [2.05, 4.69) is 0 Å². The SMILES string of the molecule is CC(=O)CC(=O)C(Cl)(Cl)Cl. The molecule has 5 heteroatoms. The molecule has 0 rings (SSSR count). The summed E-state index contributed by atoms with van der Waals surface area (Å²) in [6.45, 7) is 1.26. The van der Waals surface area contributed by atoms with Gasteiger partial charge in [-0.3, -0.25) is 9.59 Å². The molecule has 10 heavy (non-hydrogen) atoms. The van der Waals surface area contributed by atoms with Crippen molar-refractivity contribution >= 4 is 46.4 Å². The minimum Gasteiger partial charge on any atom is -0.300 e. The van der Waals surface area contributed by atoms with Crippen LogP contribution < -0.4 is 0 Å².